The number of rotatable bonds is 3. The quantitative estimate of drug-likeness (QED) is 0.541. The fraction of sp³-hybridized carbons (Fsp3) is 0.375. The Morgan fingerprint density at radius 3 is 2.79 bits per heavy atom. The largest absolute Gasteiger partial charge is 0.516 e. The van der Waals surface area contributed by atoms with Gasteiger partial charge in [-0.05, 0) is 6.92 Å². The Bertz CT molecular complexity index is 343. The van der Waals surface area contributed by atoms with Crippen LogP contribution in [0.15, 0.2) is 10.6 Å². The van der Waals surface area contributed by atoms with Crippen LogP contribution in [0.1, 0.15) is 24.3 Å². The highest BCUT2D eigenvalue weighted by Gasteiger charge is 2.12. The average Bonchev–Trinajstić information content (AvgIpc) is 2.53. The van der Waals surface area contributed by atoms with Gasteiger partial charge in [0.05, 0.1) is 12.7 Å². The van der Waals surface area contributed by atoms with Gasteiger partial charge in [0.1, 0.15) is 0 Å². The number of aromatic nitrogens is 1. The number of nitrogens with zero attached hydrogens (tertiary/aromatic N) is 1. The maximum Gasteiger partial charge on any atom is 0.516 e. The molecule has 1 rings (SSSR count). The number of carbonyl (C=O) groups is 2. The summed E-state index contributed by atoms with van der Waals surface area (Å²) in [4.78, 5) is 21.6. The highest BCUT2D eigenvalue weighted by molar-refractivity contribution is 5.92. The molecule has 0 saturated heterocycles. The molecule has 0 spiro atoms. The molecular formula is C8H9NO5. The third-order valence-corrected chi connectivity index (χ3v) is 1.30. The molecule has 1 heterocycles. The number of hydrogen-bond donors (Lipinski definition) is 0. The molecule has 6 heteroatoms. The van der Waals surface area contributed by atoms with E-state index >= 15 is 0 Å². The highest BCUT2D eigenvalue weighted by Crippen LogP contribution is 2.13. The van der Waals surface area contributed by atoms with Gasteiger partial charge in [-0.1, -0.05) is 5.16 Å². The van der Waals surface area contributed by atoms with Crippen molar-refractivity contribution in [2.75, 3.05) is 6.61 Å². The van der Waals surface area contributed by atoms with E-state index in [9.17, 15) is 9.59 Å². The first-order chi connectivity index (χ1) is 6.63. The van der Waals surface area contributed by atoms with Crippen molar-refractivity contribution in [3.8, 4) is 5.95 Å². The van der Waals surface area contributed by atoms with Crippen molar-refractivity contribution < 1.29 is 23.6 Å². The van der Waals surface area contributed by atoms with Gasteiger partial charge in [-0.25, -0.2) is 4.79 Å². The average molecular weight is 199 g/mol. The molecule has 6 nitrogen and oxygen atoms in total. The Morgan fingerprint density at radius 1 is 1.57 bits per heavy atom. The fourth-order valence-electron chi connectivity index (χ4n) is 0.702. The summed E-state index contributed by atoms with van der Waals surface area (Å²) in [7, 11) is 0. The van der Waals surface area contributed by atoms with Crippen molar-refractivity contribution in [2.24, 2.45) is 0 Å². The van der Waals surface area contributed by atoms with E-state index in [2.05, 4.69) is 19.2 Å². The Balaban J connectivity index is 2.59. The van der Waals surface area contributed by atoms with Gasteiger partial charge in [0.2, 0.25) is 0 Å². The summed E-state index contributed by atoms with van der Waals surface area (Å²) < 4.78 is 13.6. The van der Waals surface area contributed by atoms with E-state index < -0.39 is 6.16 Å². The van der Waals surface area contributed by atoms with E-state index in [1.807, 2.05) is 0 Å². The Labute approximate surface area is 79.8 Å². The lowest BCUT2D eigenvalue weighted by Gasteiger charge is -1.97. The van der Waals surface area contributed by atoms with Crippen molar-refractivity contribution in [3.63, 3.8) is 0 Å². The molecule has 0 fully saturated rings. The van der Waals surface area contributed by atoms with Gasteiger partial charge in [0, 0.05) is 6.92 Å². The zero-order chi connectivity index (χ0) is 10.6. The van der Waals surface area contributed by atoms with E-state index in [0.717, 1.165) is 0 Å². The fourth-order valence-corrected chi connectivity index (χ4v) is 0.702. The van der Waals surface area contributed by atoms with Crippen LogP contribution in [-0.2, 0) is 4.74 Å². The number of ether oxygens (including phenoxy) is 2. The molecule has 0 atom stereocenters. The number of ketones is 1. The maximum atomic E-state index is 10.8. The van der Waals surface area contributed by atoms with Crippen molar-refractivity contribution >= 4 is 11.9 Å². The second-order valence-electron chi connectivity index (χ2n) is 2.37. The molecule has 0 unspecified atom stereocenters. The third kappa shape index (κ3) is 2.58. The van der Waals surface area contributed by atoms with Gasteiger partial charge < -0.3 is 14.0 Å². The van der Waals surface area contributed by atoms with Gasteiger partial charge in [0.25, 0.3) is 0 Å². The van der Waals surface area contributed by atoms with E-state index in [0.29, 0.717) is 0 Å². The van der Waals surface area contributed by atoms with E-state index in [1.165, 1.54) is 13.0 Å². The van der Waals surface area contributed by atoms with Gasteiger partial charge >= 0.3 is 12.1 Å². The van der Waals surface area contributed by atoms with Crippen LogP contribution in [0.4, 0.5) is 4.79 Å². The second kappa shape index (κ2) is 4.40. The van der Waals surface area contributed by atoms with Crippen molar-refractivity contribution in [3.05, 3.63) is 11.8 Å². The maximum absolute atomic E-state index is 10.8. The normalized spacial score (nSPS) is 9.57. The number of carbonyl (C=O) groups excluding carboxylic acids is 2. The van der Waals surface area contributed by atoms with Crippen molar-refractivity contribution in [2.45, 2.75) is 13.8 Å². The SMILES string of the molecule is CCOC(=O)Oc1cc(C(C)=O)no1. The molecule has 0 radical (unpaired) electrons. The summed E-state index contributed by atoms with van der Waals surface area (Å²) in [6, 6.07) is 1.22. The third-order valence-electron chi connectivity index (χ3n) is 1.30. The van der Waals surface area contributed by atoms with E-state index in [4.69, 9.17) is 0 Å². The van der Waals surface area contributed by atoms with Crippen LogP contribution in [0.3, 0.4) is 0 Å². The predicted molar refractivity (Wildman–Crippen MR) is 44.2 cm³/mol. The molecule has 0 aliphatic heterocycles. The molecule has 1 aromatic rings. The minimum atomic E-state index is -0.890. The summed E-state index contributed by atoms with van der Waals surface area (Å²) in [5, 5.41) is 3.37. The standard InChI is InChI=1S/C8H9NO5/c1-3-12-8(11)13-7-4-6(5(2)10)9-14-7/h4H,3H2,1-2H3. The molecule has 14 heavy (non-hydrogen) atoms. The second-order valence-corrected chi connectivity index (χ2v) is 2.37. The first-order valence-electron chi connectivity index (χ1n) is 3.95. The van der Waals surface area contributed by atoms with Crippen LogP contribution >= 0.6 is 0 Å². The Hall–Kier alpha value is -1.85. The number of hydrogen-bond acceptors (Lipinski definition) is 6. The lowest BCUT2D eigenvalue weighted by Crippen LogP contribution is -2.09. The summed E-state index contributed by atoms with van der Waals surface area (Å²) in [5.41, 5.74) is 0.101. The zero-order valence-corrected chi connectivity index (χ0v) is 7.77. The summed E-state index contributed by atoms with van der Waals surface area (Å²) >= 11 is 0. The van der Waals surface area contributed by atoms with Crippen molar-refractivity contribution in [1.29, 1.82) is 0 Å². The van der Waals surface area contributed by atoms with Gasteiger partial charge in [-0.2, -0.15) is 0 Å². The molecule has 0 N–H and O–H groups in total. The molecule has 0 aromatic carbocycles. The molecule has 1 aromatic heterocycles. The lowest BCUT2D eigenvalue weighted by atomic mass is 10.3. The monoisotopic (exact) mass is 199 g/mol. The molecule has 0 aliphatic carbocycles. The molecular weight excluding hydrogens is 190 g/mol. The first kappa shape index (κ1) is 10.2. The lowest BCUT2D eigenvalue weighted by molar-refractivity contribution is 0.0916. The van der Waals surface area contributed by atoms with Crippen LogP contribution < -0.4 is 4.74 Å². The van der Waals surface area contributed by atoms with Gasteiger partial charge in [-0.15, -0.1) is 0 Å². The highest BCUT2D eigenvalue weighted by atomic mass is 16.8. The first-order valence-corrected chi connectivity index (χ1v) is 3.95. The van der Waals surface area contributed by atoms with Crippen LogP contribution in [0, 0.1) is 0 Å². The molecule has 76 valence electrons. The van der Waals surface area contributed by atoms with Crippen molar-refractivity contribution in [1.82, 2.24) is 5.16 Å². The molecule has 0 saturated carbocycles. The van der Waals surface area contributed by atoms with E-state index in [-0.39, 0.29) is 24.0 Å². The van der Waals surface area contributed by atoms with E-state index in [1.54, 1.807) is 6.92 Å². The minimum absolute atomic E-state index is 0.101. The molecule has 0 aliphatic rings. The number of Topliss-reactive ketones (excluding diaryl/α,β-unsaturated/α-hetero) is 1. The summed E-state index contributed by atoms with van der Waals surface area (Å²) in [6.07, 6.45) is -0.890. The van der Waals surface area contributed by atoms with Crippen LogP contribution in [0.5, 0.6) is 5.95 Å². The topological polar surface area (TPSA) is 78.6 Å². The molecule has 0 amide bonds. The Morgan fingerprint density at radius 2 is 2.29 bits per heavy atom. The molecule has 0 bridgehead atoms. The van der Waals surface area contributed by atoms with Gasteiger partial charge in [0.15, 0.2) is 11.5 Å². The van der Waals surface area contributed by atoms with Crippen LogP contribution in [0.2, 0.25) is 0 Å². The van der Waals surface area contributed by atoms with Crippen LogP contribution in [-0.4, -0.2) is 23.7 Å². The summed E-state index contributed by atoms with van der Waals surface area (Å²) in [5.74, 6) is -0.430. The smallest absolute Gasteiger partial charge is 0.434 e. The Kier molecular flexibility index (Phi) is 3.22. The van der Waals surface area contributed by atoms with Gasteiger partial charge in [-0.3, -0.25) is 4.79 Å². The zero-order valence-electron chi connectivity index (χ0n) is 7.77. The van der Waals surface area contributed by atoms with Crippen LogP contribution in [0.25, 0.3) is 0 Å². The minimum Gasteiger partial charge on any atom is -0.434 e. The summed E-state index contributed by atoms with van der Waals surface area (Å²) in [6.45, 7) is 3.17. The predicted octanol–water partition coefficient (Wildman–Crippen LogP) is 1.41.